The zero-order valence-electron chi connectivity index (χ0n) is 18.4. The second kappa shape index (κ2) is 9.91. The molecular weight excluding hydrogens is 409 g/mol. The van der Waals surface area contributed by atoms with Crippen molar-refractivity contribution in [2.75, 3.05) is 44.2 Å². The van der Waals surface area contributed by atoms with E-state index >= 15 is 0 Å². The van der Waals surface area contributed by atoms with Gasteiger partial charge in [-0.25, -0.2) is 4.39 Å². The fourth-order valence-corrected chi connectivity index (χ4v) is 4.27. The topological polar surface area (TPSA) is 65.7 Å². The number of carbonyl (C=O) groups is 1. The van der Waals surface area contributed by atoms with Crippen LogP contribution in [-0.2, 0) is 4.79 Å². The molecule has 1 atom stereocenters. The summed E-state index contributed by atoms with van der Waals surface area (Å²) in [6.45, 7) is 7.95. The molecule has 1 aliphatic rings. The lowest BCUT2D eigenvalue weighted by Crippen LogP contribution is -2.51. The zero-order chi connectivity index (χ0) is 22.5. The van der Waals surface area contributed by atoms with Gasteiger partial charge in [0.15, 0.2) is 0 Å². The second-order valence-corrected chi connectivity index (χ2v) is 7.77. The number of hydrogen-bond acceptors (Lipinski definition) is 6. The standard InChI is InChI=1S/C24H28FN5O2/c1-3-28(4-2)24(31)22(18-8-6-5-7-9-18)30-14-12-29(13-15-30)21-11-10-19(16-20(21)25)23-26-17-32-27-23/h5-11,16-17,22H,3-4,12-15H2,1-2H3. The van der Waals surface area contributed by atoms with Gasteiger partial charge in [-0.3, -0.25) is 9.69 Å². The normalized spacial score (nSPS) is 15.5. The first kappa shape index (κ1) is 22.0. The Morgan fingerprint density at radius 2 is 1.81 bits per heavy atom. The van der Waals surface area contributed by atoms with E-state index < -0.39 is 0 Å². The van der Waals surface area contributed by atoms with Gasteiger partial charge in [-0.2, -0.15) is 4.98 Å². The van der Waals surface area contributed by atoms with Crippen LogP contribution in [0.25, 0.3) is 11.4 Å². The molecule has 1 aliphatic heterocycles. The molecule has 2 aromatic carbocycles. The summed E-state index contributed by atoms with van der Waals surface area (Å²) in [5, 5.41) is 3.76. The van der Waals surface area contributed by atoms with Gasteiger partial charge in [0.2, 0.25) is 18.1 Å². The number of carbonyl (C=O) groups excluding carboxylic acids is 1. The summed E-state index contributed by atoms with van der Waals surface area (Å²) in [6.07, 6.45) is 1.23. The highest BCUT2D eigenvalue weighted by Gasteiger charge is 2.33. The molecule has 1 unspecified atom stereocenters. The van der Waals surface area contributed by atoms with E-state index in [9.17, 15) is 9.18 Å². The van der Waals surface area contributed by atoms with E-state index in [1.54, 1.807) is 12.1 Å². The molecule has 8 heteroatoms. The van der Waals surface area contributed by atoms with E-state index in [-0.39, 0.29) is 17.8 Å². The molecule has 0 saturated carbocycles. The van der Waals surface area contributed by atoms with Crippen molar-refractivity contribution in [3.05, 3.63) is 66.3 Å². The molecule has 4 rings (SSSR count). The summed E-state index contributed by atoms with van der Waals surface area (Å²) in [7, 11) is 0. The van der Waals surface area contributed by atoms with Crippen molar-refractivity contribution in [3.63, 3.8) is 0 Å². The van der Waals surface area contributed by atoms with Crippen LogP contribution in [0.15, 0.2) is 59.4 Å². The number of anilines is 1. The number of rotatable bonds is 7. The lowest BCUT2D eigenvalue weighted by atomic mass is 10.0. The van der Waals surface area contributed by atoms with E-state index in [0.29, 0.717) is 56.3 Å². The quantitative estimate of drug-likeness (QED) is 0.563. The third kappa shape index (κ3) is 4.50. The third-order valence-corrected chi connectivity index (χ3v) is 6.01. The lowest BCUT2D eigenvalue weighted by Gasteiger charge is -2.41. The zero-order valence-corrected chi connectivity index (χ0v) is 18.4. The minimum atomic E-state index is -0.330. The molecule has 1 aromatic heterocycles. The molecular formula is C24H28FN5O2. The summed E-state index contributed by atoms with van der Waals surface area (Å²) >= 11 is 0. The van der Waals surface area contributed by atoms with Crippen molar-refractivity contribution in [2.24, 2.45) is 0 Å². The van der Waals surface area contributed by atoms with E-state index in [4.69, 9.17) is 4.52 Å². The van der Waals surface area contributed by atoms with Crippen molar-refractivity contribution in [1.29, 1.82) is 0 Å². The Morgan fingerprint density at radius 1 is 1.09 bits per heavy atom. The Bertz CT molecular complexity index is 1020. The fraction of sp³-hybridized carbons (Fsp3) is 0.375. The van der Waals surface area contributed by atoms with Gasteiger partial charge >= 0.3 is 0 Å². The molecule has 1 fully saturated rings. The molecule has 168 valence electrons. The van der Waals surface area contributed by atoms with E-state index in [0.717, 1.165) is 5.56 Å². The average molecular weight is 438 g/mol. The molecule has 2 heterocycles. The molecule has 32 heavy (non-hydrogen) atoms. The van der Waals surface area contributed by atoms with E-state index in [1.165, 1.54) is 12.5 Å². The third-order valence-electron chi connectivity index (χ3n) is 6.01. The van der Waals surface area contributed by atoms with Crippen LogP contribution in [0.1, 0.15) is 25.5 Å². The minimum absolute atomic E-state index is 0.116. The average Bonchev–Trinajstić information content (AvgIpc) is 3.36. The van der Waals surface area contributed by atoms with Crippen LogP contribution in [0.4, 0.5) is 10.1 Å². The van der Waals surface area contributed by atoms with E-state index in [2.05, 4.69) is 15.0 Å². The predicted molar refractivity (Wildman–Crippen MR) is 121 cm³/mol. The van der Waals surface area contributed by atoms with Gasteiger partial charge in [0.1, 0.15) is 11.9 Å². The summed E-state index contributed by atoms with van der Waals surface area (Å²) < 4.78 is 19.6. The van der Waals surface area contributed by atoms with Crippen LogP contribution in [-0.4, -0.2) is 65.1 Å². The number of likely N-dealkylation sites (N-methyl/N-ethyl adjacent to an activating group) is 1. The Kier molecular flexibility index (Phi) is 6.80. The number of nitrogens with zero attached hydrogens (tertiary/aromatic N) is 5. The highest BCUT2D eigenvalue weighted by atomic mass is 19.1. The smallest absolute Gasteiger partial charge is 0.244 e. The number of hydrogen-bond donors (Lipinski definition) is 0. The molecule has 0 spiro atoms. The number of piperazine rings is 1. The van der Waals surface area contributed by atoms with Crippen LogP contribution in [0.5, 0.6) is 0 Å². The number of aromatic nitrogens is 2. The minimum Gasteiger partial charge on any atom is -0.367 e. The van der Waals surface area contributed by atoms with Gasteiger partial charge in [-0.1, -0.05) is 35.5 Å². The Morgan fingerprint density at radius 3 is 2.41 bits per heavy atom. The van der Waals surface area contributed by atoms with Gasteiger partial charge in [0.25, 0.3) is 0 Å². The Hall–Kier alpha value is -3.26. The molecule has 7 nitrogen and oxygen atoms in total. The largest absolute Gasteiger partial charge is 0.367 e. The number of amides is 1. The maximum absolute atomic E-state index is 14.9. The fourth-order valence-electron chi connectivity index (χ4n) is 4.27. The molecule has 0 radical (unpaired) electrons. The summed E-state index contributed by atoms with van der Waals surface area (Å²) in [6, 6.07) is 14.6. The van der Waals surface area contributed by atoms with Crippen molar-refractivity contribution in [3.8, 4) is 11.4 Å². The first-order valence-corrected chi connectivity index (χ1v) is 11.0. The summed E-state index contributed by atoms with van der Waals surface area (Å²) in [5.41, 5.74) is 2.12. The predicted octanol–water partition coefficient (Wildman–Crippen LogP) is 3.61. The van der Waals surface area contributed by atoms with Crippen molar-refractivity contribution >= 4 is 11.6 Å². The first-order valence-electron chi connectivity index (χ1n) is 11.0. The van der Waals surface area contributed by atoms with Gasteiger partial charge in [-0.15, -0.1) is 0 Å². The van der Waals surface area contributed by atoms with Crippen LogP contribution in [0, 0.1) is 5.82 Å². The maximum Gasteiger partial charge on any atom is 0.244 e. The van der Waals surface area contributed by atoms with Crippen LogP contribution in [0.3, 0.4) is 0 Å². The van der Waals surface area contributed by atoms with Crippen LogP contribution >= 0.6 is 0 Å². The maximum atomic E-state index is 14.9. The Labute approximate surface area is 187 Å². The lowest BCUT2D eigenvalue weighted by molar-refractivity contribution is -0.137. The van der Waals surface area contributed by atoms with E-state index in [1.807, 2.05) is 54.0 Å². The molecule has 0 bridgehead atoms. The second-order valence-electron chi connectivity index (χ2n) is 7.77. The van der Waals surface area contributed by atoms with Gasteiger partial charge < -0.3 is 14.3 Å². The van der Waals surface area contributed by atoms with Crippen LogP contribution < -0.4 is 4.90 Å². The molecule has 3 aromatic rings. The van der Waals surface area contributed by atoms with Crippen molar-refractivity contribution in [1.82, 2.24) is 19.9 Å². The number of benzene rings is 2. The van der Waals surface area contributed by atoms with Crippen molar-refractivity contribution in [2.45, 2.75) is 19.9 Å². The highest BCUT2D eigenvalue weighted by molar-refractivity contribution is 5.83. The van der Waals surface area contributed by atoms with Gasteiger partial charge in [-0.05, 0) is 37.6 Å². The molecule has 0 aliphatic carbocycles. The molecule has 1 saturated heterocycles. The highest BCUT2D eigenvalue weighted by Crippen LogP contribution is 2.29. The SMILES string of the molecule is CCN(CC)C(=O)C(c1ccccc1)N1CCN(c2ccc(-c3ncon3)cc2F)CC1. The Balaban J connectivity index is 1.50. The summed E-state index contributed by atoms with van der Waals surface area (Å²) in [4.78, 5) is 23.4. The van der Waals surface area contributed by atoms with Crippen molar-refractivity contribution < 1.29 is 13.7 Å². The summed E-state index contributed by atoms with van der Waals surface area (Å²) in [5.74, 6) is 0.158. The van der Waals surface area contributed by atoms with Gasteiger partial charge in [0, 0.05) is 44.8 Å². The van der Waals surface area contributed by atoms with Gasteiger partial charge in [0.05, 0.1) is 5.69 Å². The molecule has 0 N–H and O–H groups in total. The van der Waals surface area contributed by atoms with Crippen LogP contribution in [0.2, 0.25) is 0 Å². The number of halogens is 1. The first-order chi connectivity index (χ1) is 15.6. The molecule has 1 amide bonds. The monoisotopic (exact) mass is 437 g/mol.